The third kappa shape index (κ3) is 5.10. The van der Waals surface area contributed by atoms with Crippen LogP contribution in [-0.4, -0.2) is 30.5 Å². The number of hydrogen-bond acceptors (Lipinski definition) is 6. The second-order valence-electron chi connectivity index (χ2n) is 5.59. The Balaban J connectivity index is 1.45. The molecule has 142 valence electrons. The number of alkyl halides is 2. The number of nitrogens with one attached hydrogen (secondary N) is 1. The van der Waals surface area contributed by atoms with Gasteiger partial charge in [-0.25, -0.2) is 0 Å². The minimum atomic E-state index is -3.73. The maximum absolute atomic E-state index is 13.0. The molecule has 0 radical (unpaired) electrons. The van der Waals surface area contributed by atoms with E-state index in [1.807, 2.05) is 31.2 Å². The normalized spacial score (nSPS) is 13.9. The van der Waals surface area contributed by atoms with Crippen LogP contribution in [0.2, 0.25) is 0 Å². The van der Waals surface area contributed by atoms with Gasteiger partial charge in [-0.15, -0.1) is 20.5 Å². The predicted molar refractivity (Wildman–Crippen MR) is 94.1 cm³/mol. The van der Waals surface area contributed by atoms with Gasteiger partial charge in [0.1, 0.15) is 0 Å². The van der Waals surface area contributed by atoms with Crippen molar-refractivity contribution in [3.8, 4) is 11.5 Å². The Hall–Kier alpha value is -2.81. The lowest BCUT2D eigenvalue weighted by atomic mass is 10.2. The molecule has 9 heteroatoms. The average Bonchev–Trinajstić information content (AvgIpc) is 2.92. The van der Waals surface area contributed by atoms with Gasteiger partial charge in [0.25, 0.3) is 5.91 Å². The lowest BCUT2D eigenvalue weighted by Crippen LogP contribution is -2.25. The van der Waals surface area contributed by atoms with E-state index in [4.69, 9.17) is 4.74 Å². The molecular weight excluding hydrogens is 380 g/mol. The molecule has 6 nitrogen and oxygen atoms in total. The number of thioether (sulfide) groups is 1. The van der Waals surface area contributed by atoms with Crippen molar-refractivity contribution in [2.45, 2.75) is 18.1 Å². The van der Waals surface area contributed by atoms with E-state index in [9.17, 15) is 18.4 Å². The minimum Gasteiger partial charge on any atom is -0.455 e. The summed E-state index contributed by atoms with van der Waals surface area (Å²) >= 11 is 1.32. The molecule has 0 aromatic heterocycles. The number of ether oxygens (including phenoxy) is 3. The van der Waals surface area contributed by atoms with Gasteiger partial charge in [-0.2, -0.15) is 0 Å². The fraction of sp³-hybridized carbons (Fsp3) is 0.222. The topological polar surface area (TPSA) is 73.9 Å². The van der Waals surface area contributed by atoms with E-state index in [0.717, 1.165) is 10.5 Å². The zero-order valence-electron chi connectivity index (χ0n) is 14.2. The van der Waals surface area contributed by atoms with Crippen LogP contribution in [0.1, 0.15) is 5.56 Å². The number of fused-ring (bicyclic) bond motifs is 1. The maximum Gasteiger partial charge on any atom is 0.586 e. The smallest absolute Gasteiger partial charge is 0.455 e. The second kappa shape index (κ2) is 7.83. The molecule has 1 heterocycles. The van der Waals surface area contributed by atoms with E-state index in [1.165, 1.54) is 30.0 Å². The van der Waals surface area contributed by atoms with E-state index >= 15 is 0 Å². The van der Waals surface area contributed by atoms with Gasteiger partial charge >= 0.3 is 12.3 Å². The number of carbonyl (C=O) groups is 2. The maximum atomic E-state index is 13.0. The van der Waals surface area contributed by atoms with Crippen molar-refractivity contribution in [1.29, 1.82) is 0 Å². The summed E-state index contributed by atoms with van der Waals surface area (Å²) in [5.41, 5.74) is 1.26. The summed E-state index contributed by atoms with van der Waals surface area (Å²) < 4.78 is 39.4. The molecule has 27 heavy (non-hydrogen) atoms. The fourth-order valence-corrected chi connectivity index (χ4v) is 3.09. The summed E-state index contributed by atoms with van der Waals surface area (Å²) in [7, 11) is 0. The summed E-state index contributed by atoms with van der Waals surface area (Å²) in [6, 6.07) is 11.4. The van der Waals surface area contributed by atoms with Crippen molar-refractivity contribution in [2.24, 2.45) is 0 Å². The molecule has 0 fully saturated rings. The Morgan fingerprint density at radius 3 is 2.67 bits per heavy atom. The molecule has 2 aromatic carbocycles. The van der Waals surface area contributed by atoms with Crippen LogP contribution in [0.25, 0.3) is 0 Å². The van der Waals surface area contributed by atoms with Crippen LogP contribution >= 0.6 is 11.8 Å². The van der Waals surface area contributed by atoms with Crippen LogP contribution in [0, 0.1) is 6.92 Å². The lowest BCUT2D eigenvalue weighted by molar-refractivity contribution is -0.286. The molecule has 0 bridgehead atoms. The van der Waals surface area contributed by atoms with Crippen LogP contribution in [0.3, 0.4) is 0 Å². The molecule has 0 saturated carbocycles. The molecule has 1 N–H and O–H groups in total. The summed E-state index contributed by atoms with van der Waals surface area (Å²) in [5.74, 6) is -1.39. The second-order valence-corrected chi connectivity index (χ2v) is 6.61. The molecule has 0 unspecified atom stereocenters. The highest BCUT2D eigenvalue weighted by Crippen LogP contribution is 2.42. The van der Waals surface area contributed by atoms with E-state index in [-0.39, 0.29) is 22.9 Å². The minimum absolute atomic E-state index is 0.0667. The lowest BCUT2D eigenvalue weighted by Gasteiger charge is -2.08. The Morgan fingerprint density at radius 2 is 1.89 bits per heavy atom. The highest BCUT2D eigenvalue weighted by Gasteiger charge is 2.43. The monoisotopic (exact) mass is 395 g/mol. The predicted octanol–water partition coefficient (Wildman–Crippen LogP) is 3.59. The van der Waals surface area contributed by atoms with Gasteiger partial charge < -0.3 is 19.5 Å². The van der Waals surface area contributed by atoms with Crippen LogP contribution in [0.5, 0.6) is 11.5 Å². The van der Waals surface area contributed by atoms with Crippen LogP contribution in [0.4, 0.5) is 14.5 Å². The SMILES string of the molecule is Cc1ccccc1SCC(=O)OCC(=O)Nc1ccc2c(c1)OC(F)(F)O2. The summed E-state index contributed by atoms with van der Waals surface area (Å²) in [6.07, 6.45) is -3.73. The number of halogens is 2. The molecule has 3 rings (SSSR count). The first-order valence-corrected chi connectivity index (χ1v) is 8.85. The zero-order chi connectivity index (χ0) is 19.4. The summed E-state index contributed by atoms with van der Waals surface area (Å²) in [6.45, 7) is 1.44. The van der Waals surface area contributed by atoms with E-state index in [1.54, 1.807) is 0 Å². The number of amides is 1. The highest BCUT2D eigenvalue weighted by atomic mass is 32.2. The van der Waals surface area contributed by atoms with Crippen molar-refractivity contribution in [1.82, 2.24) is 0 Å². The van der Waals surface area contributed by atoms with Crippen molar-refractivity contribution in [2.75, 3.05) is 17.7 Å². The van der Waals surface area contributed by atoms with E-state index in [0.29, 0.717) is 0 Å². The van der Waals surface area contributed by atoms with Crippen LogP contribution < -0.4 is 14.8 Å². The standard InChI is InChI=1S/C18H15F2NO5S/c1-11-4-2-3-5-15(11)27-10-17(23)24-9-16(22)21-12-6-7-13-14(8-12)26-18(19,20)25-13/h2-8H,9-10H2,1H3,(H,21,22). The largest absolute Gasteiger partial charge is 0.586 e. The number of aryl methyl sites for hydroxylation is 1. The zero-order valence-corrected chi connectivity index (χ0v) is 15.0. The number of carbonyl (C=O) groups excluding carboxylic acids is 2. The quantitative estimate of drug-likeness (QED) is 0.595. The number of anilines is 1. The molecule has 0 saturated heterocycles. The van der Waals surface area contributed by atoms with Gasteiger partial charge in [0.15, 0.2) is 18.1 Å². The Labute approximate surface area is 157 Å². The fourth-order valence-electron chi connectivity index (χ4n) is 2.27. The summed E-state index contributed by atoms with van der Waals surface area (Å²) in [4.78, 5) is 24.6. The van der Waals surface area contributed by atoms with Gasteiger partial charge in [-0.05, 0) is 30.7 Å². The molecule has 0 aliphatic carbocycles. The van der Waals surface area contributed by atoms with Gasteiger partial charge in [-0.3, -0.25) is 9.59 Å². The van der Waals surface area contributed by atoms with Crippen molar-refractivity contribution in [3.63, 3.8) is 0 Å². The average molecular weight is 395 g/mol. The number of rotatable bonds is 6. The molecule has 1 amide bonds. The third-order valence-electron chi connectivity index (χ3n) is 3.49. The molecular formula is C18H15F2NO5S. The van der Waals surface area contributed by atoms with Crippen LogP contribution in [-0.2, 0) is 14.3 Å². The molecule has 2 aromatic rings. The Bertz CT molecular complexity index is 875. The number of esters is 1. The molecule has 0 atom stereocenters. The first-order valence-electron chi connectivity index (χ1n) is 7.86. The Kier molecular flexibility index (Phi) is 5.50. The number of hydrogen-bond donors (Lipinski definition) is 1. The third-order valence-corrected chi connectivity index (χ3v) is 4.64. The van der Waals surface area contributed by atoms with Crippen molar-refractivity contribution < 1.29 is 32.6 Å². The van der Waals surface area contributed by atoms with E-state index < -0.39 is 24.8 Å². The van der Waals surface area contributed by atoms with Crippen molar-refractivity contribution in [3.05, 3.63) is 48.0 Å². The van der Waals surface area contributed by atoms with E-state index in [2.05, 4.69) is 14.8 Å². The number of benzene rings is 2. The highest BCUT2D eigenvalue weighted by molar-refractivity contribution is 8.00. The van der Waals surface area contributed by atoms with Gasteiger partial charge in [-0.1, -0.05) is 18.2 Å². The molecule has 0 spiro atoms. The van der Waals surface area contributed by atoms with Gasteiger partial charge in [0.2, 0.25) is 0 Å². The summed E-state index contributed by atoms with van der Waals surface area (Å²) in [5, 5.41) is 2.43. The van der Waals surface area contributed by atoms with Gasteiger partial charge in [0, 0.05) is 16.6 Å². The van der Waals surface area contributed by atoms with Crippen LogP contribution in [0.15, 0.2) is 47.4 Å². The molecule has 1 aliphatic rings. The first-order chi connectivity index (χ1) is 12.8. The van der Waals surface area contributed by atoms with Crippen molar-refractivity contribution >= 4 is 29.3 Å². The Morgan fingerprint density at radius 1 is 1.15 bits per heavy atom. The first kappa shape index (κ1) is 19.0. The molecule has 1 aliphatic heterocycles. The van der Waals surface area contributed by atoms with Gasteiger partial charge in [0.05, 0.1) is 5.75 Å².